The van der Waals surface area contributed by atoms with E-state index in [9.17, 15) is 9.59 Å². The van der Waals surface area contributed by atoms with Crippen LogP contribution in [-0.2, 0) is 16.1 Å². The molecule has 0 N–H and O–H groups in total. The van der Waals surface area contributed by atoms with E-state index in [1.165, 1.54) is 18.2 Å². The Labute approximate surface area is 201 Å². The highest BCUT2D eigenvalue weighted by molar-refractivity contribution is 5.94. The van der Waals surface area contributed by atoms with Crippen LogP contribution < -0.4 is 15.3 Å². The van der Waals surface area contributed by atoms with Crippen molar-refractivity contribution in [2.24, 2.45) is 5.92 Å². The molecular formula is C27H35N3O4. The standard InChI is InChI=1S/C27H35N3O4/c1-17(31)22-14-29-25(12-26(22)32)20-10-19(16-34-5)24(28-9-7-18(13-28)15-33-4)11-21(20)23-6-8-27(2,3)30(23)29/h10-12,14,18,23H,6-9,13,15-16H2,1-5H3/t18-,23-/m1/s1. The molecule has 1 aromatic carbocycles. The minimum absolute atomic E-state index is 0.0944. The summed E-state index contributed by atoms with van der Waals surface area (Å²) >= 11 is 0. The van der Waals surface area contributed by atoms with Crippen molar-refractivity contribution in [3.63, 3.8) is 0 Å². The Morgan fingerprint density at radius 1 is 1.15 bits per heavy atom. The van der Waals surface area contributed by atoms with Crippen molar-refractivity contribution in [3.8, 4) is 11.3 Å². The molecule has 3 aliphatic heterocycles. The summed E-state index contributed by atoms with van der Waals surface area (Å²) in [6.45, 7) is 9.20. The topological polar surface area (TPSA) is 64.0 Å². The van der Waals surface area contributed by atoms with Gasteiger partial charge < -0.3 is 14.4 Å². The van der Waals surface area contributed by atoms with Crippen molar-refractivity contribution in [2.45, 2.75) is 58.2 Å². The van der Waals surface area contributed by atoms with Crippen LogP contribution in [0.15, 0.2) is 29.2 Å². The van der Waals surface area contributed by atoms with Crippen molar-refractivity contribution in [1.82, 2.24) is 4.68 Å². The molecule has 5 rings (SSSR count). The van der Waals surface area contributed by atoms with E-state index in [-0.39, 0.29) is 28.4 Å². The zero-order chi connectivity index (χ0) is 24.2. The van der Waals surface area contributed by atoms with Crippen molar-refractivity contribution < 1.29 is 14.3 Å². The van der Waals surface area contributed by atoms with Gasteiger partial charge in [-0.25, -0.2) is 0 Å². The first kappa shape index (κ1) is 23.1. The Bertz CT molecular complexity index is 1190. The molecule has 0 bridgehead atoms. The van der Waals surface area contributed by atoms with Gasteiger partial charge in [0.2, 0.25) is 0 Å². The van der Waals surface area contributed by atoms with Gasteiger partial charge in [-0.15, -0.1) is 0 Å². The lowest BCUT2D eigenvalue weighted by Gasteiger charge is -2.45. The summed E-state index contributed by atoms with van der Waals surface area (Å²) in [5.41, 5.74) is 5.43. The number of nitrogens with zero attached hydrogens (tertiary/aromatic N) is 3. The molecule has 2 atom stereocenters. The van der Waals surface area contributed by atoms with Crippen LogP contribution in [-0.4, -0.2) is 49.9 Å². The number of aromatic nitrogens is 1. The summed E-state index contributed by atoms with van der Waals surface area (Å²) in [4.78, 5) is 27.5. The van der Waals surface area contributed by atoms with Crippen molar-refractivity contribution in [3.05, 3.63) is 51.3 Å². The molecule has 0 unspecified atom stereocenters. The molecule has 182 valence electrons. The predicted octanol–water partition coefficient (Wildman–Crippen LogP) is 3.90. The first-order valence-corrected chi connectivity index (χ1v) is 12.2. The van der Waals surface area contributed by atoms with Gasteiger partial charge in [-0.3, -0.25) is 19.3 Å². The van der Waals surface area contributed by atoms with E-state index in [2.05, 4.69) is 40.6 Å². The van der Waals surface area contributed by atoms with Gasteiger partial charge >= 0.3 is 0 Å². The largest absolute Gasteiger partial charge is 0.384 e. The zero-order valence-electron chi connectivity index (χ0n) is 20.9. The second-order valence-corrected chi connectivity index (χ2v) is 10.6. The van der Waals surface area contributed by atoms with Gasteiger partial charge in [0.25, 0.3) is 0 Å². The number of pyridine rings is 1. The van der Waals surface area contributed by atoms with Crippen LogP contribution in [0.4, 0.5) is 5.69 Å². The van der Waals surface area contributed by atoms with Gasteiger partial charge in [-0.05, 0) is 57.7 Å². The zero-order valence-corrected chi connectivity index (χ0v) is 20.9. The number of anilines is 1. The molecule has 2 aromatic rings. The van der Waals surface area contributed by atoms with Crippen LogP contribution in [0.3, 0.4) is 0 Å². The van der Waals surface area contributed by atoms with E-state index in [0.29, 0.717) is 12.5 Å². The highest BCUT2D eigenvalue weighted by Gasteiger charge is 2.45. The van der Waals surface area contributed by atoms with Crippen LogP contribution in [0, 0.1) is 5.92 Å². The van der Waals surface area contributed by atoms with Crippen LogP contribution in [0.2, 0.25) is 0 Å². The van der Waals surface area contributed by atoms with Gasteiger partial charge in [0.15, 0.2) is 11.2 Å². The van der Waals surface area contributed by atoms with Crippen molar-refractivity contribution in [2.75, 3.05) is 43.8 Å². The molecule has 7 nitrogen and oxygen atoms in total. The average molecular weight is 466 g/mol. The molecule has 2 saturated heterocycles. The molecule has 4 heterocycles. The Morgan fingerprint density at radius 2 is 1.94 bits per heavy atom. The number of carbonyl (C=O) groups excluding carboxylic acids is 1. The van der Waals surface area contributed by atoms with Gasteiger partial charge in [0.1, 0.15) is 0 Å². The number of ether oxygens (including phenoxy) is 2. The monoisotopic (exact) mass is 465 g/mol. The Kier molecular flexibility index (Phi) is 5.81. The quantitative estimate of drug-likeness (QED) is 0.603. The molecule has 34 heavy (non-hydrogen) atoms. The number of rotatable bonds is 6. The summed E-state index contributed by atoms with van der Waals surface area (Å²) in [6.07, 6.45) is 4.93. The number of methoxy groups -OCH3 is 2. The number of benzene rings is 1. The summed E-state index contributed by atoms with van der Waals surface area (Å²) in [6, 6.07) is 6.37. The van der Waals surface area contributed by atoms with Gasteiger partial charge in [0, 0.05) is 62.3 Å². The van der Waals surface area contributed by atoms with E-state index in [1.807, 2.05) is 0 Å². The smallest absolute Gasteiger partial charge is 0.193 e. The predicted molar refractivity (Wildman–Crippen MR) is 133 cm³/mol. The third-order valence-electron chi connectivity index (χ3n) is 7.80. The molecule has 0 radical (unpaired) electrons. The van der Waals surface area contributed by atoms with E-state index >= 15 is 0 Å². The Balaban J connectivity index is 1.70. The second kappa shape index (κ2) is 8.54. The summed E-state index contributed by atoms with van der Waals surface area (Å²) < 4.78 is 13.1. The van der Waals surface area contributed by atoms with Crippen LogP contribution in [0.1, 0.15) is 67.6 Å². The lowest BCUT2D eigenvalue weighted by molar-refractivity contribution is 0.101. The fourth-order valence-corrected chi connectivity index (χ4v) is 6.18. The fourth-order valence-electron chi connectivity index (χ4n) is 6.18. The minimum atomic E-state index is -0.223. The lowest BCUT2D eigenvalue weighted by Crippen LogP contribution is -2.50. The van der Waals surface area contributed by atoms with E-state index in [0.717, 1.165) is 55.8 Å². The van der Waals surface area contributed by atoms with Crippen molar-refractivity contribution in [1.29, 1.82) is 0 Å². The van der Waals surface area contributed by atoms with Gasteiger partial charge in [-0.1, -0.05) is 0 Å². The lowest BCUT2D eigenvalue weighted by atomic mass is 9.91. The number of ketones is 1. The first-order valence-electron chi connectivity index (χ1n) is 12.2. The van der Waals surface area contributed by atoms with Gasteiger partial charge in [-0.2, -0.15) is 0 Å². The molecule has 7 heteroatoms. The maximum Gasteiger partial charge on any atom is 0.193 e. The molecule has 0 spiro atoms. The van der Waals surface area contributed by atoms with Crippen LogP contribution in [0.25, 0.3) is 11.3 Å². The summed E-state index contributed by atoms with van der Waals surface area (Å²) in [5.74, 6) is 0.331. The molecule has 0 saturated carbocycles. The normalized spacial score (nSPS) is 22.5. The molecule has 2 fully saturated rings. The van der Waals surface area contributed by atoms with E-state index in [4.69, 9.17) is 9.47 Å². The van der Waals surface area contributed by atoms with E-state index < -0.39 is 0 Å². The molecule has 1 aromatic heterocycles. The van der Waals surface area contributed by atoms with E-state index in [1.54, 1.807) is 26.5 Å². The third-order valence-corrected chi connectivity index (χ3v) is 7.80. The number of Topliss-reactive ketones (excluding diaryl/α,β-unsaturated/α-hetero) is 1. The number of carbonyl (C=O) groups is 1. The maximum absolute atomic E-state index is 12.9. The maximum atomic E-state index is 12.9. The average Bonchev–Trinajstić information content (AvgIpc) is 3.37. The second-order valence-electron chi connectivity index (χ2n) is 10.6. The highest BCUT2D eigenvalue weighted by atomic mass is 16.5. The number of hydrogen-bond acceptors (Lipinski definition) is 6. The van der Waals surface area contributed by atoms with Crippen molar-refractivity contribution >= 4 is 11.5 Å². The molecular weight excluding hydrogens is 430 g/mol. The highest BCUT2D eigenvalue weighted by Crippen LogP contribution is 2.49. The third kappa shape index (κ3) is 3.66. The summed E-state index contributed by atoms with van der Waals surface area (Å²) in [7, 11) is 3.49. The van der Waals surface area contributed by atoms with Crippen LogP contribution >= 0.6 is 0 Å². The molecule has 3 aliphatic rings. The minimum Gasteiger partial charge on any atom is -0.384 e. The number of fused-ring (bicyclic) bond motifs is 6. The fraction of sp³-hybridized carbons (Fsp3) is 0.556. The number of hydrogen-bond donors (Lipinski definition) is 0. The first-order chi connectivity index (χ1) is 16.2. The Morgan fingerprint density at radius 3 is 2.65 bits per heavy atom. The van der Waals surface area contributed by atoms with Gasteiger partial charge in [0.05, 0.1) is 36.1 Å². The molecule has 0 aliphatic carbocycles. The SMILES string of the molecule is COCc1cc2c(cc1N1CC[C@@H](COC)C1)[C@H]1CCC(C)(C)N1n1cc(C(C)=O)c(=O)cc1-2. The molecule has 0 amide bonds. The Hall–Kier alpha value is -2.64. The van der Waals surface area contributed by atoms with Crippen LogP contribution in [0.5, 0.6) is 0 Å². The summed E-state index contributed by atoms with van der Waals surface area (Å²) in [5, 5.41) is 2.37.